The molecular formula is C8H9N3O3. The van der Waals surface area contributed by atoms with E-state index in [1.165, 1.54) is 13.3 Å². The Kier molecular flexibility index (Phi) is 3.54. The number of anilines is 1. The fourth-order valence-corrected chi connectivity index (χ4v) is 0.837. The number of aromatic nitrogens is 2. The number of methoxy groups -OCH3 is 1. The Hall–Kier alpha value is -1.98. The third-order valence-electron chi connectivity index (χ3n) is 1.45. The third-order valence-corrected chi connectivity index (χ3v) is 1.45. The van der Waals surface area contributed by atoms with Gasteiger partial charge in [-0.05, 0) is 6.07 Å². The van der Waals surface area contributed by atoms with Gasteiger partial charge in [-0.1, -0.05) is 0 Å². The quantitative estimate of drug-likeness (QED) is 0.529. The molecule has 0 aliphatic rings. The summed E-state index contributed by atoms with van der Waals surface area (Å²) in [6.07, 6.45) is 1.99. The van der Waals surface area contributed by atoms with E-state index in [1.807, 2.05) is 0 Å². The first kappa shape index (κ1) is 10.1. The number of ether oxygens (including phenoxy) is 1. The molecule has 6 heteroatoms. The summed E-state index contributed by atoms with van der Waals surface area (Å²) in [7, 11) is 1.30. The Morgan fingerprint density at radius 2 is 2.50 bits per heavy atom. The molecule has 0 atom stereocenters. The standard InChI is InChI=1S/C8H9N3O3/c1-14-7(13)4-6-2-3-9-8(11-6)10-5-12/h2-3,5H,4H2,1H3,(H,9,10,11,12). The molecule has 6 nitrogen and oxygen atoms in total. The molecule has 1 rings (SSSR count). The van der Waals surface area contributed by atoms with Gasteiger partial charge in [-0.3, -0.25) is 14.9 Å². The van der Waals surface area contributed by atoms with E-state index in [0.717, 1.165) is 0 Å². The minimum Gasteiger partial charge on any atom is -0.469 e. The number of hydrogen-bond donors (Lipinski definition) is 1. The highest BCUT2D eigenvalue weighted by atomic mass is 16.5. The monoisotopic (exact) mass is 195 g/mol. The predicted molar refractivity (Wildman–Crippen MR) is 47.4 cm³/mol. The Labute approximate surface area is 80.3 Å². The van der Waals surface area contributed by atoms with Gasteiger partial charge in [0.25, 0.3) is 0 Å². The van der Waals surface area contributed by atoms with Gasteiger partial charge >= 0.3 is 5.97 Å². The molecule has 0 saturated carbocycles. The first-order valence-corrected chi connectivity index (χ1v) is 3.85. The van der Waals surface area contributed by atoms with Gasteiger partial charge < -0.3 is 4.74 Å². The van der Waals surface area contributed by atoms with Gasteiger partial charge in [0.05, 0.1) is 19.2 Å². The number of carbonyl (C=O) groups excluding carboxylic acids is 2. The van der Waals surface area contributed by atoms with Crippen molar-refractivity contribution in [2.45, 2.75) is 6.42 Å². The van der Waals surface area contributed by atoms with E-state index in [1.54, 1.807) is 6.07 Å². The Morgan fingerprint density at radius 3 is 3.14 bits per heavy atom. The number of amides is 1. The first-order chi connectivity index (χ1) is 6.76. The lowest BCUT2D eigenvalue weighted by Crippen LogP contribution is -2.08. The van der Waals surface area contributed by atoms with Crippen molar-refractivity contribution in [2.24, 2.45) is 0 Å². The minimum atomic E-state index is -0.388. The van der Waals surface area contributed by atoms with Crippen LogP contribution in [0.3, 0.4) is 0 Å². The summed E-state index contributed by atoms with van der Waals surface area (Å²) in [6, 6.07) is 1.58. The molecule has 74 valence electrons. The highest BCUT2D eigenvalue weighted by molar-refractivity contribution is 5.72. The second-order valence-corrected chi connectivity index (χ2v) is 2.39. The lowest BCUT2D eigenvalue weighted by molar-refractivity contribution is -0.139. The summed E-state index contributed by atoms with van der Waals surface area (Å²) >= 11 is 0. The van der Waals surface area contributed by atoms with Crippen LogP contribution in [0, 0.1) is 0 Å². The molecule has 1 aromatic rings. The van der Waals surface area contributed by atoms with Gasteiger partial charge in [0.2, 0.25) is 12.4 Å². The average Bonchev–Trinajstić information content (AvgIpc) is 2.19. The zero-order valence-electron chi connectivity index (χ0n) is 7.56. The van der Waals surface area contributed by atoms with E-state index in [0.29, 0.717) is 12.1 Å². The van der Waals surface area contributed by atoms with Crippen molar-refractivity contribution in [1.29, 1.82) is 0 Å². The van der Waals surface area contributed by atoms with Gasteiger partial charge in [-0.25, -0.2) is 9.97 Å². The lowest BCUT2D eigenvalue weighted by Gasteiger charge is -2.00. The van der Waals surface area contributed by atoms with Crippen molar-refractivity contribution in [3.8, 4) is 0 Å². The highest BCUT2D eigenvalue weighted by Gasteiger charge is 2.04. The van der Waals surface area contributed by atoms with Crippen LogP contribution in [-0.4, -0.2) is 29.5 Å². The normalized spacial score (nSPS) is 9.21. The van der Waals surface area contributed by atoms with Gasteiger partial charge in [-0.15, -0.1) is 0 Å². The molecule has 0 unspecified atom stereocenters. The topological polar surface area (TPSA) is 81.2 Å². The maximum atomic E-state index is 10.9. The summed E-state index contributed by atoms with van der Waals surface area (Å²) in [5.74, 6) is -0.220. The zero-order valence-corrected chi connectivity index (χ0v) is 7.56. The van der Waals surface area contributed by atoms with E-state index in [4.69, 9.17) is 0 Å². The second-order valence-electron chi connectivity index (χ2n) is 2.39. The van der Waals surface area contributed by atoms with Crippen LogP contribution in [0.25, 0.3) is 0 Å². The summed E-state index contributed by atoms with van der Waals surface area (Å²) in [5, 5.41) is 2.28. The molecule has 0 fully saturated rings. The van der Waals surface area contributed by atoms with Crippen LogP contribution in [0.4, 0.5) is 5.95 Å². The molecule has 14 heavy (non-hydrogen) atoms. The fourth-order valence-electron chi connectivity index (χ4n) is 0.837. The molecular weight excluding hydrogens is 186 g/mol. The number of esters is 1. The van der Waals surface area contributed by atoms with Crippen LogP contribution < -0.4 is 5.32 Å². The number of carbonyl (C=O) groups is 2. The average molecular weight is 195 g/mol. The van der Waals surface area contributed by atoms with E-state index in [-0.39, 0.29) is 18.3 Å². The minimum absolute atomic E-state index is 0.0621. The molecule has 0 bridgehead atoms. The lowest BCUT2D eigenvalue weighted by atomic mass is 10.3. The van der Waals surface area contributed by atoms with E-state index >= 15 is 0 Å². The largest absolute Gasteiger partial charge is 0.469 e. The molecule has 0 spiro atoms. The smallest absolute Gasteiger partial charge is 0.311 e. The molecule has 1 heterocycles. The van der Waals surface area contributed by atoms with Crippen molar-refractivity contribution in [3.05, 3.63) is 18.0 Å². The van der Waals surface area contributed by atoms with Crippen molar-refractivity contribution < 1.29 is 14.3 Å². The Balaban J connectivity index is 2.72. The van der Waals surface area contributed by atoms with E-state index < -0.39 is 0 Å². The number of hydrogen-bond acceptors (Lipinski definition) is 5. The molecule has 0 aromatic carbocycles. The second kappa shape index (κ2) is 4.90. The predicted octanol–water partition coefficient (Wildman–Crippen LogP) is -0.240. The van der Waals surface area contributed by atoms with Gasteiger partial charge in [0.1, 0.15) is 0 Å². The van der Waals surface area contributed by atoms with Gasteiger partial charge in [0, 0.05) is 6.20 Å². The number of nitrogens with one attached hydrogen (secondary N) is 1. The number of nitrogens with zero attached hydrogens (tertiary/aromatic N) is 2. The molecule has 0 aliphatic heterocycles. The van der Waals surface area contributed by atoms with Crippen molar-refractivity contribution >= 4 is 18.3 Å². The van der Waals surface area contributed by atoms with Gasteiger partial charge in [0.15, 0.2) is 0 Å². The van der Waals surface area contributed by atoms with Crippen molar-refractivity contribution in [3.63, 3.8) is 0 Å². The van der Waals surface area contributed by atoms with Crippen LogP contribution in [0.15, 0.2) is 12.3 Å². The van der Waals surface area contributed by atoms with Crippen LogP contribution in [0.1, 0.15) is 5.69 Å². The summed E-state index contributed by atoms with van der Waals surface area (Å²) in [6.45, 7) is 0. The van der Waals surface area contributed by atoms with Crippen molar-refractivity contribution in [2.75, 3.05) is 12.4 Å². The summed E-state index contributed by atoms with van der Waals surface area (Å²) < 4.78 is 4.46. The van der Waals surface area contributed by atoms with Crippen LogP contribution >= 0.6 is 0 Å². The molecule has 1 N–H and O–H groups in total. The molecule has 0 aliphatic carbocycles. The highest BCUT2D eigenvalue weighted by Crippen LogP contribution is 2.00. The number of rotatable bonds is 4. The maximum Gasteiger partial charge on any atom is 0.311 e. The fraction of sp³-hybridized carbons (Fsp3) is 0.250. The van der Waals surface area contributed by atoms with E-state index in [2.05, 4.69) is 20.0 Å². The Morgan fingerprint density at radius 1 is 1.71 bits per heavy atom. The maximum absolute atomic E-state index is 10.9. The Bertz CT molecular complexity index is 340. The van der Waals surface area contributed by atoms with Crippen LogP contribution in [0.2, 0.25) is 0 Å². The van der Waals surface area contributed by atoms with Gasteiger partial charge in [-0.2, -0.15) is 0 Å². The zero-order chi connectivity index (χ0) is 10.4. The van der Waals surface area contributed by atoms with Crippen molar-refractivity contribution in [1.82, 2.24) is 9.97 Å². The van der Waals surface area contributed by atoms with Crippen LogP contribution in [0.5, 0.6) is 0 Å². The molecule has 1 aromatic heterocycles. The molecule has 1 amide bonds. The SMILES string of the molecule is COC(=O)Cc1ccnc(NC=O)n1. The van der Waals surface area contributed by atoms with E-state index in [9.17, 15) is 9.59 Å². The van der Waals surface area contributed by atoms with Crippen LogP contribution in [-0.2, 0) is 20.7 Å². The molecule has 0 radical (unpaired) electrons. The molecule has 0 saturated heterocycles. The summed E-state index contributed by atoms with van der Waals surface area (Å²) in [5.41, 5.74) is 0.496. The first-order valence-electron chi connectivity index (χ1n) is 3.85. The summed E-state index contributed by atoms with van der Waals surface area (Å²) in [4.78, 5) is 28.6. The third kappa shape index (κ3) is 2.81.